The molecule has 2 aromatic carbocycles. The van der Waals surface area contributed by atoms with Gasteiger partial charge in [0.2, 0.25) is 5.88 Å². The summed E-state index contributed by atoms with van der Waals surface area (Å²) in [7, 11) is 1.75. The minimum Gasteiger partial charge on any atom is -0.466 e. The lowest BCUT2D eigenvalue weighted by molar-refractivity contribution is -0.121. The summed E-state index contributed by atoms with van der Waals surface area (Å²) in [5.41, 5.74) is 5.20. The van der Waals surface area contributed by atoms with Gasteiger partial charge in [-0.2, -0.15) is 0 Å². The van der Waals surface area contributed by atoms with Crippen LogP contribution in [-0.4, -0.2) is 35.3 Å². The zero-order valence-electron chi connectivity index (χ0n) is 17.1. The summed E-state index contributed by atoms with van der Waals surface area (Å²) in [6, 6.07) is 20.5. The van der Waals surface area contributed by atoms with Crippen LogP contribution in [0.5, 0.6) is 5.88 Å². The minimum absolute atomic E-state index is 0.00116. The highest BCUT2D eigenvalue weighted by molar-refractivity contribution is 5.98. The van der Waals surface area contributed by atoms with Crippen LogP contribution in [0.15, 0.2) is 60.7 Å². The Labute approximate surface area is 176 Å². The maximum absolute atomic E-state index is 12.1. The van der Waals surface area contributed by atoms with E-state index in [9.17, 15) is 9.90 Å². The highest BCUT2D eigenvalue weighted by atomic mass is 16.5. The molecule has 0 atom stereocenters. The third-order valence-electron chi connectivity index (χ3n) is 6.15. The van der Waals surface area contributed by atoms with E-state index < -0.39 is 5.60 Å². The number of nitrogens with zero attached hydrogens (tertiary/aromatic N) is 2. The lowest BCUT2D eigenvalue weighted by atomic mass is 9.69. The predicted octanol–water partition coefficient (Wildman–Crippen LogP) is 4.40. The van der Waals surface area contributed by atoms with Crippen LogP contribution in [0.1, 0.15) is 31.2 Å². The Balaban J connectivity index is 1.58. The first-order valence-electron chi connectivity index (χ1n) is 10.2. The third kappa shape index (κ3) is 3.25. The highest BCUT2D eigenvalue weighted by Crippen LogP contribution is 2.45. The standard InChI is InChI=1S/C25H24N2O3/c1-25(29)13-19(14-25)16-8-10-18(11-9-16)23-20(17-6-4-3-5-7-17)12-21-24(26-23)30-15-22(28)27(21)2/h3-12,19,29H,13-15H2,1-2H3/t19-,25-. The molecule has 0 bridgehead atoms. The molecule has 1 N–H and O–H groups in total. The molecular weight excluding hydrogens is 376 g/mol. The van der Waals surface area contributed by atoms with Crippen LogP contribution >= 0.6 is 0 Å². The van der Waals surface area contributed by atoms with Crippen molar-refractivity contribution in [2.45, 2.75) is 31.3 Å². The molecule has 1 aromatic heterocycles. The quantitative estimate of drug-likeness (QED) is 0.708. The SMILES string of the molecule is CN1C(=O)COc2nc(-c3ccc([C@H]4C[C@](C)(O)C4)cc3)c(-c3ccccc3)cc21. The van der Waals surface area contributed by atoms with Gasteiger partial charge in [0.1, 0.15) is 5.69 Å². The number of ether oxygens (including phenoxy) is 1. The van der Waals surface area contributed by atoms with Crippen molar-refractivity contribution in [2.24, 2.45) is 0 Å². The Morgan fingerprint density at radius 3 is 2.43 bits per heavy atom. The second-order valence-corrected chi connectivity index (χ2v) is 8.54. The van der Waals surface area contributed by atoms with Gasteiger partial charge in [0.05, 0.1) is 11.3 Å². The molecule has 1 fully saturated rings. The van der Waals surface area contributed by atoms with Gasteiger partial charge in [-0.1, -0.05) is 54.6 Å². The van der Waals surface area contributed by atoms with Crippen molar-refractivity contribution in [3.8, 4) is 28.3 Å². The van der Waals surface area contributed by atoms with Gasteiger partial charge in [0.15, 0.2) is 6.61 Å². The number of benzene rings is 2. The van der Waals surface area contributed by atoms with Crippen molar-refractivity contribution in [3.63, 3.8) is 0 Å². The Bertz CT molecular complexity index is 1100. The number of rotatable bonds is 3. The van der Waals surface area contributed by atoms with E-state index in [-0.39, 0.29) is 12.5 Å². The first-order valence-corrected chi connectivity index (χ1v) is 10.2. The number of carbonyl (C=O) groups is 1. The van der Waals surface area contributed by atoms with Crippen LogP contribution in [0.2, 0.25) is 0 Å². The van der Waals surface area contributed by atoms with Gasteiger partial charge >= 0.3 is 0 Å². The van der Waals surface area contributed by atoms with Crippen LogP contribution in [0, 0.1) is 0 Å². The summed E-state index contributed by atoms with van der Waals surface area (Å²) >= 11 is 0. The van der Waals surface area contributed by atoms with Crippen LogP contribution in [0.4, 0.5) is 5.69 Å². The lowest BCUT2D eigenvalue weighted by Gasteiger charge is -2.41. The zero-order valence-corrected chi connectivity index (χ0v) is 17.1. The summed E-state index contributed by atoms with van der Waals surface area (Å²) < 4.78 is 5.64. The number of fused-ring (bicyclic) bond motifs is 1. The van der Waals surface area contributed by atoms with Gasteiger partial charge in [0, 0.05) is 18.2 Å². The third-order valence-corrected chi connectivity index (χ3v) is 6.15. The summed E-state index contributed by atoms with van der Waals surface area (Å²) in [4.78, 5) is 18.5. The Hall–Kier alpha value is -3.18. The molecule has 152 valence electrons. The van der Waals surface area contributed by atoms with Crippen molar-refractivity contribution >= 4 is 11.6 Å². The fraction of sp³-hybridized carbons (Fsp3) is 0.280. The average molecular weight is 400 g/mol. The lowest BCUT2D eigenvalue weighted by Crippen LogP contribution is -2.39. The molecule has 1 amide bonds. The van der Waals surface area contributed by atoms with E-state index in [1.807, 2.05) is 43.3 Å². The maximum atomic E-state index is 12.1. The highest BCUT2D eigenvalue weighted by Gasteiger charge is 2.39. The molecule has 1 saturated carbocycles. The van der Waals surface area contributed by atoms with Crippen molar-refractivity contribution in [1.82, 2.24) is 4.98 Å². The Morgan fingerprint density at radius 1 is 1.07 bits per heavy atom. The summed E-state index contributed by atoms with van der Waals surface area (Å²) in [6.07, 6.45) is 1.60. The van der Waals surface area contributed by atoms with E-state index in [0.717, 1.165) is 35.2 Å². The zero-order chi connectivity index (χ0) is 20.9. The predicted molar refractivity (Wildman–Crippen MR) is 117 cm³/mol. The van der Waals surface area contributed by atoms with Crippen LogP contribution < -0.4 is 9.64 Å². The van der Waals surface area contributed by atoms with Crippen LogP contribution in [-0.2, 0) is 4.79 Å². The molecule has 0 radical (unpaired) electrons. The van der Waals surface area contributed by atoms with E-state index in [1.165, 1.54) is 5.56 Å². The van der Waals surface area contributed by atoms with Crippen molar-refractivity contribution in [1.29, 1.82) is 0 Å². The monoisotopic (exact) mass is 400 g/mol. The number of aromatic nitrogens is 1. The van der Waals surface area contributed by atoms with Crippen molar-refractivity contribution in [2.75, 3.05) is 18.6 Å². The molecule has 5 nitrogen and oxygen atoms in total. The summed E-state index contributed by atoms with van der Waals surface area (Å²) in [6.45, 7) is 1.89. The van der Waals surface area contributed by atoms with Gasteiger partial charge in [-0.3, -0.25) is 4.79 Å². The van der Waals surface area contributed by atoms with E-state index in [4.69, 9.17) is 9.72 Å². The molecule has 0 unspecified atom stereocenters. The number of likely N-dealkylation sites (N-methyl/N-ethyl adjacent to an activating group) is 1. The average Bonchev–Trinajstić information content (AvgIpc) is 2.75. The van der Waals surface area contributed by atoms with Gasteiger partial charge < -0.3 is 14.7 Å². The second kappa shape index (κ2) is 6.96. The summed E-state index contributed by atoms with van der Waals surface area (Å²) in [5.74, 6) is 0.796. The van der Waals surface area contributed by atoms with E-state index in [0.29, 0.717) is 17.5 Å². The van der Waals surface area contributed by atoms with E-state index in [2.05, 4.69) is 24.3 Å². The number of hydrogen-bond donors (Lipinski definition) is 1. The fourth-order valence-corrected chi connectivity index (χ4v) is 4.40. The van der Waals surface area contributed by atoms with Crippen molar-refractivity contribution in [3.05, 3.63) is 66.2 Å². The van der Waals surface area contributed by atoms with Gasteiger partial charge in [-0.25, -0.2) is 4.98 Å². The molecule has 1 aliphatic heterocycles. The second-order valence-electron chi connectivity index (χ2n) is 8.54. The number of anilines is 1. The molecule has 1 aliphatic carbocycles. The first-order chi connectivity index (χ1) is 14.4. The fourth-order valence-electron chi connectivity index (χ4n) is 4.40. The number of carbonyl (C=O) groups excluding carboxylic acids is 1. The normalized spacial score (nSPS) is 22.8. The molecule has 2 aliphatic rings. The summed E-state index contributed by atoms with van der Waals surface area (Å²) in [5, 5.41) is 10.0. The Morgan fingerprint density at radius 2 is 1.77 bits per heavy atom. The molecule has 5 heteroatoms. The number of aliphatic hydroxyl groups is 1. The number of pyridine rings is 1. The smallest absolute Gasteiger partial charge is 0.264 e. The molecule has 0 saturated heterocycles. The Kier molecular flexibility index (Phi) is 4.36. The van der Waals surface area contributed by atoms with E-state index >= 15 is 0 Å². The number of amides is 1. The first kappa shape index (κ1) is 18.8. The molecule has 30 heavy (non-hydrogen) atoms. The largest absolute Gasteiger partial charge is 0.466 e. The van der Waals surface area contributed by atoms with Crippen LogP contribution in [0.3, 0.4) is 0 Å². The van der Waals surface area contributed by atoms with Gasteiger partial charge in [0.25, 0.3) is 5.91 Å². The van der Waals surface area contributed by atoms with Crippen molar-refractivity contribution < 1.29 is 14.6 Å². The topological polar surface area (TPSA) is 62.7 Å². The molecule has 2 heterocycles. The molecule has 0 spiro atoms. The molecule has 5 rings (SSSR count). The minimum atomic E-state index is -0.537. The molecular formula is C25H24N2O3. The molecule has 3 aromatic rings. The van der Waals surface area contributed by atoms with Gasteiger partial charge in [-0.05, 0) is 42.9 Å². The van der Waals surface area contributed by atoms with E-state index in [1.54, 1.807) is 11.9 Å². The van der Waals surface area contributed by atoms with Crippen LogP contribution in [0.25, 0.3) is 22.4 Å². The number of hydrogen-bond acceptors (Lipinski definition) is 4. The maximum Gasteiger partial charge on any atom is 0.264 e. The van der Waals surface area contributed by atoms with Gasteiger partial charge in [-0.15, -0.1) is 0 Å².